The molecule has 12 rings (SSSR count). The van der Waals surface area contributed by atoms with Crippen molar-refractivity contribution in [3.8, 4) is 39.6 Å². The molecule has 0 N–H and O–H groups in total. The number of nitrogens with zero attached hydrogens (tertiary/aromatic N) is 4. The maximum absolute atomic E-state index is 6.74. The van der Waals surface area contributed by atoms with Gasteiger partial charge in [-0.15, -0.1) is 54.0 Å². The first-order valence-corrected chi connectivity index (χ1v) is 22.4. The second-order valence-electron chi connectivity index (χ2n) is 17.3. The molecule has 65 heavy (non-hydrogen) atoms. The third-order valence-corrected chi connectivity index (χ3v) is 13.5. The monoisotopic (exact) mass is 1040 g/mol. The van der Waals surface area contributed by atoms with E-state index >= 15 is 0 Å². The predicted octanol–water partition coefficient (Wildman–Crippen LogP) is 16.0. The molecule has 0 radical (unpaired) electrons. The fourth-order valence-corrected chi connectivity index (χ4v) is 10.4. The molecule has 8 aromatic carbocycles. The smallest absolute Gasteiger partial charge is 0.135 e. The number of ether oxygens (including phenoxy) is 1. The Bertz CT molecular complexity index is 3520. The van der Waals surface area contributed by atoms with Gasteiger partial charge in [-0.3, -0.25) is 0 Å². The van der Waals surface area contributed by atoms with Crippen molar-refractivity contribution in [2.24, 2.45) is 0 Å². The molecule has 4 heterocycles. The van der Waals surface area contributed by atoms with E-state index in [1.54, 1.807) is 0 Å². The molecule has 3 aromatic heterocycles. The molecule has 1 aliphatic heterocycles. The Morgan fingerprint density at radius 2 is 1.26 bits per heavy atom. The first-order valence-electron chi connectivity index (χ1n) is 21.6. The summed E-state index contributed by atoms with van der Waals surface area (Å²) in [6, 6.07) is 71.5. The largest absolute Gasteiger partial charge is 0.509 e. The zero-order valence-electron chi connectivity index (χ0n) is 35.9. The summed E-state index contributed by atoms with van der Waals surface area (Å²) in [5.74, 6) is 2.06. The number of aromatic nitrogens is 2. The van der Waals surface area contributed by atoms with E-state index in [2.05, 4.69) is 218 Å². The van der Waals surface area contributed by atoms with Gasteiger partial charge in [-0.2, -0.15) is 12.1 Å². The van der Waals surface area contributed by atoms with Gasteiger partial charge in [-0.1, -0.05) is 153 Å². The zero-order chi connectivity index (χ0) is 42.9. The van der Waals surface area contributed by atoms with Gasteiger partial charge in [0.15, 0.2) is 0 Å². The Balaban J connectivity index is 0.00000469. The molecule has 0 bridgehead atoms. The number of thiophene rings is 1. The molecule has 318 valence electrons. The number of rotatable bonds is 7. The number of pyridine rings is 1. The molecule has 0 unspecified atom stereocenters. The Morgan fingerprint density at radius 3 is 2.00 bits per heavy atom. The average Bonchev–Trinajstić information content (AvgIpc) is 4.01. The van der Waals surface area contributed by atoms with E-state index in [-0.39, 0.29) is 26.5 Å². The van der Waals surface area contributed by atoms with Gasteiger partial charge in [0, 0.05) is 81.7 Å². The van der Waals surface area contributed by atoms with E-state index in [0.717, 1.165) is 67.2 Å². The van der Waals surface area contributed by atoms with E-state index < -0.39 is 0 Å². The Hall–Kier alpha value is -6.98. The van der Waals surface area contributed by atoms with E-state index in [0.29, 0.717) is 11.5 Å². The quantitative estimate of drug-likeness (QED) is 0.149. The van der Waals surface area contributed by atoms with Crippen LogP contribution in [0.4, 0.5) is 22.7 Å². The maximum Gasteiger partial charge on any atom is 0.135 e. The SMILES string of the molecule is CC(C)(C)c1ccnc(-n2c3[c-]c(Oc4[c-]c(N5[CH-]N(c6c(-c7ccccc7)cccc6-c6ccccc6)c6ccccc65)ccc4)ccc3c3sc4ccc5ccccc5c4c32)c1.[Pt]. The molecule has 0 aliphatic carbocycles. The molecular formula is C58H41N4OPtS-3. The van der Waals surface area contributed by atoms with Crippen LogP contribution in [0.2, 0.25) is 0 Å². The Morgan fingerprint density at radius 1 is 0.600 bits per heavy atom. The van der Waals surface area contributed by atoms with E-state index in [1.165, 1.54) is 31.1 Å². The van der Waals surface area contributed by atoms with Gasteiger partial charge in [0.2, 0.25) is 0 Å². The number of fused-ring (bicyclic) bond motifs is 8. The summed E-state index contributed by atoms with van der Waals surface area (Å²) in [7, 11) is 0. The van der Waals surface area contributed by atoms with Crippen LogP contribution in [0.15, 0.2) is 188 Å². The van der Waals surface area contributed by atoms with Gasteiger partial charge in [0.05, 0.1) is 5.52 Å². The summed E-state index contributed by atoms with van der Waals surface area (Å²) in [4.78, 5) is 9.53. The zero-order valence-corrected chi connectivity index (χ0v) is 39.0. The number of anilines is 4. The van der Waals surface area contributed by atoms with Crippen LogP contribution in [-0.4, -0.2) is 9.55 Å². The van der Waals surface area contributed by atoms with Crippen molar-refractivity contribution in [2.45, 2.75) is 26.2 Å². The van der Waals surface area contributed by atoms with Crippen molar-refractivity contribution in [3.63, 3.8) is 0 Å². The molecule has 1 aliphatic rings. The normalized spacial score (nSPS) is 12.6. The van der Waals surface area contributed by atoms with Crippen molar-refractivity contribution >= 4 is 76.1 Å². The van der Waals surface area contributed by atoms with Crippen LogP contribution < -0.4 is 14.5 Å². The van der Waals surface area contributed by atoms with Crippen LogP contribution in [0.25, 0.3) is 70.0 Å². The van der Waals surface area contributed by atoms with Crippen molar-refractivity contribution in [1.29, 1.82) is 0 Å². The second kappa shape index (κ2) is 16.2. The number of para-hydroxylation sites is 3. The summed E-state index contributed by atoms with van der Waals surface area (Å²) in [6.07, 6.45) is 1.93. The molecule has 7 heteroatoms. The van der Waals surface area contributed by atoms with Gasteiger partial charge in [-0.25, -0.2) is 4.98 Å². The fraction of sp³-hybridized carbons (Fsp3) is 0.0690. The summed E-state index contributed by atoms with van der Waals surface area (Å²) in [5, 5.41) is 4.78. The average molecular weight is 1040 g/mol. The third kappa shape index (κ3) is 7.00. The molecule has 11 aromatic rings. The van der Waals surface area contributed by atoms with Crippen LogP contribution in [0.3, 0.4) is 0 Å². The molecule has 0 saturated carbocycles. The molecule has 0 amide bonds. The first-order chi connectivity index (χ1) is 31.4. The van der Waals surface area contributed by atoms with Crippen LogP contribution in [-0.2, 0) is 26.5 Å². The Kier molecular flexibility index (Phi) is 10.2. The summed E-state index contributed by atoms with van der Waals surface area (Å²) in [6.45, 7) is 8.91. The van der Waals surface area contributed by atoms with Crippen molar-refractivity contribution in [1.82, 2.24) is 9.55 Å². The third-order valence-electron chi connectivity index (χ3n) is 12.3. The minimum absolute atomic E-state index is 0. The first kappa shape index (κ1) is 40.8. The molecule has 0 fully saturated rings. The number of benzene rings is 8. The minimum atomic E-state index is -0.0538. The van der Waals surface area contributed by atoms with Gasteiger partial charge >= 0.3 is 0 Å². The van der Waals surface area contributed by atoms with E-state index in [4.69, 9.17) is 9.72 Å². The van der Waals surface area contributed by atoms with Crippen LogP contribution >= 0.6 is 11.3 Å². The van der Waals surface area contributed by atoms with Crippen molar-refractivity contribution in [2.75, 3.05) is 9.80 Å². The topological polar surface area (TPSA) is 33.5 Å². The second-order valence-corrected chi connectivity index (χ2v) is 18.3. The fourth-order valence-electron chi connectivity index (χ4n) is 9.22. The van der Waals surface area contributed by atoms with Gasteiger partial charge in [-0.05, 0) is 63.2 Å². The molecule has 0 saturated heterocycles. The van der Waals surface area contributed by atoms with Crippen molar-refractivity contribution < 1.29 is 25.8 Å². The minimum Gasteiger partial charge on any atom is -0.509 e. The van der Waals surface area contributed by atoms with Crippen LogP contribution in [0.1, 0.15) is 26.3 Å². The van der Waals surface area contributed by atoms with Crippen LogP contribution in [0, 0.1) is 18.8 Å². The van der Waals surface area contributed by atoms with Gasteiger partial charge in [0.25, 0.3) is 0 Å². The molecule has 0 atom stereocenters. The maximum atomic E-state index is 6.74. The summed E-state index contributed by atoms with van der Waals surface area (Å²) < 4.78 is 11.5. The van der Waals surface area contributed by atoms with E-state index in [9.17, 15) is 0 Å². The van der Waals surface area contributed by atoms with E-state index in [1.807, 2.05) is 35.7 Å². The number of hydrogen-bond donors (Lipinski definition) is 0. The molecule has 0 spiro atoms. The number of hydrogen-bond acceptors (Lipinski definition) is 5. The van der Waals surface area contributed by atoms with Gasteiger partial charge in [0.1, 0.15) is 5.82 Å². The predicted molar refractivity (Wildman–Crippen MR) is 267 cm³/mol. The summed E-state index contributed by atoms with van der Waals surface area (Å²) >= 11 is 1.82. The van der Waals surface area contributed by atoms with Gasteiger partial charge < -0.3 is 19.1 Å². The molecular weight excluding hydrogens is 996 g/mol. The Labute approximate surface area is 397 Å². The van der Waals surface area contributed by atoms with Crippen molar-refractivity contribution in [3.05, 3.63) is 213 Å². The summed E-state index contributed by atoms with van der Waals surface area (Å²) in [5.41, 5.74) is 11.9. The standard InChI is InChI=1S/C58H41N4OS.Pt/c1-58(2,3)41-32-33-59-53(34-41)62-51-36-44(29-30-48(51)57-56(62)54-45-23-11-10-20-40(45)28-31-52(54)64-57)63-43-22-14-21-42(35-43)60-37-61(50-27-13-12-26-49(50)60)55-46(38-16-6-4-7-17-38)24-15-25-47(55)39-18-8-5-9-19-39;/h4-34,37H,1-3H3;/q-3;. The van der Waals surface area contributed by atoms with Crippen LogP contribution in [0.5, 0.6) is 11.5 Å². The molecule has 5 nitrogen and oxygen atoms in total.